The van der Waals surface area contributed by atoms with Crippen molar-refractivity contribution in [1.29, 1.82) is 0 Å². The van der Waals surface area contributed by atoms with E-state index in [4.69, 9.17) is 0 Å². The zero-order chi connectivity index (χ0) is 12.1. The highest BCUT2D eigenvalue weighted by Crippen LogP contribution is 2.18. The number of hydrogen-bond donors (Lipinski definition) is 1. The van der Waals surface area contributed by atoms with Gasteiger partial charge in [-0.3, -0.25) is 0 Å². The monoisotopic (exact) mass is 234 g/mol. The third kappa shape index (κ3) is 3.88. The predicted molar refractivity (Wildman–Crippen MR) is 73.2 cm³/mol. The molecular weight excluding hydrogens is 208 g/mol. The molecule has 17 heavy (non-hydrogen) atoms. The SMILES string of the molecule is C[C@H](CCc1cccn1C)NC1CCCCC1. The van der Waals surface area contributed by atoms with Gasteiger partial charge in [-0.1, -0.05) is 19.3 Å². The van der Waals surface area contributed by atoms with Crippen molar-refractivity contribution >= 4 is 0 Å². The fourth-order valence-electron chi connectivity index (χ4n) is 2.88. The second-order valence-corrected chi connectivity index (χ2v) is 5.55. The maximum absolute atomic E-state index is 3.79. The standard InChI is InChI=1S/C15H26N2/c1-13(16-14-7-4-3-5-8-14)10-11-15-9-6-12-17(15)2/h6,9,12-14,16H,3-5,7-8,10-11H2,1-2H3/t13-/m1/s1. The average molecular weight is 234 g/mol. The molecule has 0 spiro atoms. The Labute approximate surface area is 105 Å². The van der Waals surface area contributed by atoms with Crippen LogP contribution in [0.5, 0.6) is 0 Å². The Morgan fingerprint density at radius 1 is 1.35 bits per heavy atom. The molecule has 0 unspecified atom stereocenters. The van der Waals surface area contributed by atoms with Crippen molar-refractivity contribution < 1.29 is 0 Å². The van der Waals surface area contributed by atoms with E-state index in [-0.39, 0.29) is 0 Å². The van der Waals surface area contributed by atoms with Crippen LogP contribution in [-0.2, 0) is 13.5 Å². The van der Waals surface area contributed by atoms with Gasteiger partial charge in [0.15, 0.2) is 0 Å². The van der Waals surface area contributed by atoms with E-state index >= 15 is 0 Å². The van der Waals surface area contributed by atoms with Crippen LogP contribution in [0.15, 0.2) is 18.3 Å². The predicted octanol–water partition coefficient (Wildman–Crippen LogP) is 3.27. The molecule has 1 fully saturated rings. The summed E-state index contributed by atoms with van der Waals surface area (Å²) in [5.74, 6) is 0. The van der Waals surface area contributed by atoms with Gasteiger partial charge in [-0.2, -0.15) is 0 Å². The number of aryl methyl sites for hydroxylation is 2. The molecule has 1 saturated carbocycles. The van der Waals surface area contributed by atoms with E-state index in [0.29, 0.717) is 6.04 Å². The molecule has 1 heterocycles. The molecule has 2 nitrogen and oxygen atoms in total. The van der Waals surface area contributed by atoms with Gasteiger partial charge in [0.2, 0.25) is 0 Å². The van der Waals surface area contributed by atoms with E-state index in [9.17, 15) is 0 Å². The van der Waals surface area contributed by atoms with Gasteiger partial charge in [0.1, 0.15) is 0 Å². The summed E-state index contributed by atoms with van der Waals surface area (Å²) in [6.45, 7) is 2.33. The fraction of sp³-hybridized carbons (Fsp3) is 0.733. The Kier molecular flexibility index (Phi) is 4.66. The van der Waals surface area contributed by atoms with E-state index in [1.54, 1.807) is 0 Å². The van der Waals surface area contributed by atoms with Gasteiger partial charge in [0.25, 0.3) is 0 Å². The first kappa shape index (κ1) is 12.7. The summed E-state index contributed by atoms with van der Waals surface area (Å²) >= 11 is 0. The fourth-order valence-corrected chi connectivity index (χ4v) is 2.88. The van der Waals surface area contributed by atoms with E-state index in [1.807, 2.05) is 0 Å². The van der Waals surface area contributed by atoms with Crippen molar-refractivity contribution in [3.05, 3.63) is 24.0 Å². The minimum atomic E-state index is 0.646. The summed E-state index contributed by atoms with van der Waals surface area (Å²) in [6.07, 6.45) is 11.6. The van der Waals surface area contributed by atoms with Gasteiger partial charge in [-0.05, 0) is 44.7 Å². The quantitative estimate of drug-likeness (QED) is 0.827. The highest BCUT2D eigenvalue weighted by molar-refractivity contribution is 5.06. The van der Waals surface area contributed by atoms with Crippen molar-refractivity contribution in [1.82, 2.24) is 9.88 Å². The largest absolute Gasteiger partial charge is 0.354 e. The lowest BCUT2D eigenvalue weighted by atomic mass is 9.94. The Hall–Kier alpha value is -0.760. The number of hydrogen-bond acceptors (Lipinski definition) is 1. The number of rotatable bonds is 5. The van der Waals surface area contributed by atoms with Crippen molar-refractivity contribution in [3.63, 3.8) is 0 Å². The highest BCUT2D eigenvalue weighted by atomic mass is 15.0. The Balaban J connectivity index is 1.70. The first-order valence-corrected chi connectivity index (χ1v) is 7.12. The smallest absolute Gasteiger partial charge is 0.0172 e. The molecule has 0 saturated heterocycles. The first-order valence-electron chi connectivity index (χ1n) is 7.12. The van der Waals surface area contributed by atoms with Crippen LogP contribution >= 0.6 is 0 Å². The van der Waals surface area contributed by atoms with Crippen LogP contribution in [-0.4, -0.2) is 16.7 Å². The molecule has 0 bridgehead atoms. The van der Waals surface area contributed by atoms with Gasteiger partial charge < -0.3 is 9.88 Å². The molecule has 1 N–H and O–H groups in total. The lowest BCUT2D eigenvalue weighted by Crippen LogP contribution is -2.38. The summed E-state index contributed by atoms with van der Waals surface area (Å²) in [5.41, 5.74) is 1.45. The Bertz CT molecular complexity index is 323. The van der Waals surface area contributed by atoms with Crippen LogP contribution in [0.25, 0.3) is 0 Å². The van der Waals surface area contributed by atoms with E-state index in [0.717, 1.165) is 6.04 Å². The minimum absolute atomic E-state index is 0.646. The number of nitrogens with one attached hydrogen (secondary N) is 1. The molecule has 0 amide bonds. The third-order valence-corrected chi connectivity index (χ3v) is 4.01. The van der Waals surface area contributed by atoms with Crippen molar-refractivity contribution in [2.75, 3.05) is 0 Å². The van der Waals surface area contributed by atoms with Gasteiger partial charge in [-0.15, -0.1) is 0 Å². The van der Waals surface area contributed by atoms with Gasteiger partial charge >= 0.3 is 0 Å². The molecule has 1 aliphatic rings. The highest BCUT2D eigenvalue weighted by Gasteiger charge is 2.15. The first-order chi connectivity index (χ1) is 8.25. The van der Waals surface area contributed by atoms with Crippen LogP contribution in [0.3, 0.4) is 0 Å². The lowest BCUT2D eigenvalue weighted by molar-refractivity contribution is 0.336. The third-order valence-electron chi connectivity index (χ3n) is 4.01. The average Bonchev–Trinajstić information content (AvgIpc) is 2.74. The molecule has 1 aromatic heterocycles. The lowest BCUT2D eigenvalue weighted by Gasteiger charge is -2.26. The Morgan fingerprint density at radius 3 is 2.76 bits per heavy atom. The molecule has 1 atom stereocenters. The molecule has 1 aliphatic carbocycles. The minimum Gasteiger partial charge on any atom is -0.354 e. The topological polar surface area (TPSA) is 17.0 Å². The van der Waals surface area contributed by atoms with Crippen LogP contribution in [0.4, 0.5) is 0 Å². The maximum Gasteiger partial charge on any atom is 0.0172 e. The van der Waals surface area contributed by atoms with E-state index in [1.165, 1.54) is 50.6 Å². The Morgan fingerprint density at radius 2 is 2.12 bits per heavy atom. The normalized spacial score (nSPS) is 19.4. The van der Waals surface area contributed by atoms with Crippen LogP contribution in [0.1, 0.15) is 51.1 Å². The van der Waals surface area contributed by atoms with E-state index < -0.39 is 0 Å². The van der Waals surface area contributed by atoms with Gasteiger partial charge in [0, 0.05) is 31.0 Å². The van der Waals surface area contributed by atoms with Crippen molar-refractivity contribution in [2.24, 2.45) is 7.05 Å². The molecule has 0 radical (unpaired) electrons. The summed E-state index contributed by atoms with van der Waals surface area (Å²) < 4.78 is 2.23. The number of aromatic nitrogens is 1. The second kappa shape index (κ2) is 6.25. The summed E-state index contributed by atoms with van der Waals surface area (Å²) in [6, 6.07) is 5.79. The number of nitrogens with zero attached hydrogens (tertiary/aromatic N) is 1. The van der Waals surface area contributed by atoms with Gasteiger partial charge in [-0.25, -0.2) is 0 Å². The van der Waals surface area contributed by atoms with Crippen LogP contribution in [0, 0.1) is 0 Å². The molecule has 1 aromatic rings. The zero-order valence-corrected chi connectivity index (χ0v) is 11.3. The molecule has 96 valence electrons. The van der Waals surface area contributed by atoms with Crippen LogP contribution in [0.2, 0.25) is 0 Å². The van der Waals surface area contributed by atoms with Gasteiger partial charge in [0.05, 0.1) is 0 Å². The summed E-state index contributed by atoms with van der Waals surface area (Å²) in [4.78, 5) is 0. The molecule has 0 aliphatic heterocycles. The zero-order valence-electron chi connectivity index (χ0n) is 11.3. The molecular formula is C15H26N2. The molecule has 2 heteroatoms. The second-order valence-electron chi connectivity index (χ2n) is 5.55. The molecule has 2 rings (SSSR count). The molecule has 0 aromatic carbocycles. The summed E-state index contributed by atoms with van der Waals surface area (Å²) in [5, 5.41) is 3.79. The van der Waals surface area contributed by atoms with Crippen LogP contribution < -0.4 is 5.32 Å². The summed E-state index contributed by atoms with van der Waals surface area (Å²) in [7, 11) is 2.13. The van der Waals surface area contributed by atoms with E-state index in [2.05, 4.69) is 42.2 Å². The van der Waals surface area contributed by atoms with Crippen molar-refractivity contribution in [2.45, 2.75) is 64.0 Å². The van der Waals surface area contributed by atoms with Crippen molar-refractivity contribution in [3.8, 4) is 0 Å². The maximum atomic E-state index is 3.79.